The molecule has 3 aromatic rings. The zero-order chi connectivity index (χ0) is 23.3. The molecule has 0 saturated heterocycles. The lowest BCUT2D eigenvalue weighted by atomic mass is 10.2. The second kappa shape index (κ2) is 10.0. The molecule has 1 amide bonds. The second-order valence-electron chi connectivity index (χ2n) is 6.34. The number of halogens is 1. The van der Waals surface area contributed by atoms with Gasteiger partial charge in [-0.1, -0.05) is 21.1 Å². The first kappa shape index (κ1) is 22.9. The largest absolute Gasteiger partial charge is 0.493 e. The number of carboxylic acid groups (broad SMARTS) is 1. The monoisotopic (exact) mass is 505 g/mol. The lowest BCUT2D eigenvalue weighted by Crippen LogP contribution is -2.31. The lowest BCUT2D eigenvalue weighted by molar-refractivity contribution is -0.120. The van der Waals surface area contributed by atoms with Gasteiger partial charge in [-0.3, -0.25) is 15.6 Å². The van der Waals surface area contributed by atoms with Gasteiger partial charge in [-0.25, -0.2) is 9.48 Å². The molecular formula is C20H20BrN5O6. The maximum absolute atomic E-state index is 12.6. The Labute approximate surface area is 191 Å². The molecule has 0 aliphatic rings. The summed E-state index contributed by atoms with van der Waals surface area (Å²) in [4.78, 5) is 24.2. The molecule has 168 valence electrons. The topological polar surface area (TPSA) is 137 Å². The number of rotatable bonds is 9. The third kappa shape index (κ3) is 4.91. The van der Waals surface area contributed by atoms with Gasteiger partial charge in [-0.05, 0) is 24.3 Å². The van der Waals surface area contributed by atoms with Gasteiger partial charge in [0.15, 0.2) is 17.2 Å². The number of carbonyl (C=O) groups is 2. The molecule has 2 aromatic carbocycles. The van der Waals surface area contributed by atoms with Gasteiger partial charge in [0, 0.05) is 16.6 Å². The van der Waals surface area contributed by atoms with E-state index in [-0.39, 0.29) is 17.8 Å². The molecule has 12 heteroatoms. The fourth-order valence-corrected chi connectivity index (χ4v) is 3.17. The predicted octanol–water partition coefficient (Wildman–Crippen LogP) is 2.44. The van der Waals surface area contributed by atoms with Crippen LogP contribution < -0.4 is 25.1 Å². The summed E-state index contributed by atoms with van der Waals surface area (Å²) in [5.74, 6) is -0.596. The summed E-state index contributed by atoms with van der Waals surface area (Å²) in [5.41, 5.74) is 6.12. The molecule has 0 fully saturated rings. The van der Waals surface area contributed by atoms with Crippen LogP contribution in [0.2, 0.25) is 0 Å². The first-order chi connectivity index (χ1) is 15.4. The number of nitrogens with one attached hydrogen (secondary N) is 2. The van der Waals surface area contributed by atoms with Crippen LogP contribution in [0, 0.1) is 0 Å². The zero-order valence-electron chi connectivity index (χ0n) is 17.4. The molecule has 11 nitrogen and oxygen atoms in total. The van der Waals surface area contributed by atoms with E-state index in [1.165, 1.54) is 26.0 Å². The van der Waals surface area contributed by atoms with E-state index in [0.29, 0.717) is 28.6 Å². The van der Waals surface area contributed by atoms with Gasteiger partial charge in [0.1, 0.15) is 0 Å². The van der Waals surface area contributed by atoms with Crippen LogP contribution in [0.1, 0.15) is 16.2 Å². The average Bonchev–Trinajstić information content (AvgIpc) is 3.20. The summed E-state index contributed by atoms with van der Waals surface area (Å²) < 4.78 is 18.0. The van der Waals surface area contributed by atoms with Crippen molar-refractivity contribution >= 4 is 33.5 Å². The predicted molar refractivity (Wildman–Crippen MR) is 118 cm³/mol. The average molecular weight is 506 g/mol. The number of carboxylic acids is 1. The van der Waals surface area contributed by atoms with Crippen molar-refractivity contribution in [1.82, 2.24) is 20.4 Å². The number of anilines is 1. The summed E-state index contributed by atoms with van der Waals surface area (Å²) in [6.45, 7) is 0. The van der Waals surface area contributed by atoms with E-state index in [9.17, 15) is 14.7 Å². The van der Waals surface area contributed by atoms with Crippen LogP contribution in [-0.2, 0) is 11.2 Å². The SMILES string of the molecule is COc1cc(NNC(=O)Cc2c(C(=O)O)nnn2-c2ccc(Br)cc2)cc(OC)c1OC. The Hall–Kier alpha value is -3.80. The van der Waals surface area contributed by atoms with E-state index < -0.39 is 11.9 Å². The Morgan fingerprint density at radius 1 is 1.06 bits per heavy atom. The third-order valence-electron chi connectivity index (χ3n) is 4.38. The van der Waals surface area contributed by atoms with E-state index in [1.807, 2.05) is 0 Å². The van der Waals surface area contributed by atoms with Crippen molar-refractivity contribution in [3.63, 3.8) is 0 Å². The van der Waals surface area contributed by atoms with Crippen LogP contribution in [0.4, 0.5) is 5.69 Å². The smallest absolute Gasteiger partial charge is 0.358 e. The Morgan fingerprint density at radius 3 is 2.22 bits per heavy atom. The van der Waals surface area contributed by atoms with Crippen molar-refractivity contribution < 1.29 is 28.9 Å². The Morgan fingerprint density at radius 2 is 1.69 bits per heavy atom. The molecule has 0 spiro atoms. The van der Waals surface area contributed by atoms with Gasteiger partial charge in [0.05, 0.1) is 44.8 Å². The molecule has 0 radical (unpaired) electrons. The van der Waals surface area contributed by atoms with Crippen molar-refractivity contribution in [2.75, 3.05) is 26.8 Å². The molecule has 3 N–H and O–H groups in total. The van der Waals surface area contributed by atoms with Gasteiger partial charge in [-0.2, -0.15) is 0 Å². The summed E-state index contributed by atoms with van der Waals surface area (Å²) in [5, 5.41) is 17.0. The van der Waals surface area contributed by atoms with E-state index >= 15 is 0 Å². The summed E-state index contributed by atoms with van der Waals surface area (Å²) in [6.07, 6.45) is -0.290. The first-order valence-corrected chi connectivity index (χ1v) is 9.95. The van der Waals surface area contributed by atoms with Crippen molar-refractivity contribution in [1.29, 1.82) is 0 Å². The number of hydrogen-bond donors (Lipinski definition) is 3. The highest BCUT2D eigenvalue weighted by molar-refractivity contribution is 9.10. The van der Waals surface area contributed by atoms with E-state index in [0.717, 1.165) is 4.47 Å². The quantitative estimate of drug-likeness (QED) is 0.374. The van der Waals surface area contributed by atoms with Crippen molar-refractivity contribution in [3.05, 3.63) is 52.3 Å². The van der Waals surface area contributed by atoms with Crippen molar-refractivity contribution in [2.24, 2.45) is 0 Å². The van der Waals surface area contributed by atoms with Crippen molar-refractivity contribution in [2.45, 2.75) is 6.42 Å². The third-order valence-corrected chi connectivity index (χ3v) is 4.90. The number of aromatic carboxylic acids is 1. The minimum Gasteiger partial charge on any atom is -0.493 e. The van der Waals surface area contributed by atoms with Crippen LogP contribution in [-0.4, -0.2) is 53.3 Å². The van der Waals surface area contributed by atoms with Gasteiger partial charge < -0.3 is 19.3 Å². The van der Waals surface area contributed by atoms with Crippen LogP contribution >= 0.6 is 15.9 Å². The van der Waals surface area contributed by atoms with Gasteiger partial charge in [-0.15, -0.1) is 5.10 Å². The molecule has 1 heterocycles. The highest BCUT2D eigenvalue weighted by Crippen LogP contribution is 2.39. The number of aromatic nitrogens is 3. The lowest BCUT2D eigenvalue weighted by Gasteiger charge is -2.15. The number of nitrogens with zero attached hydrogens (tertiary/aromatic N) is 3. The molecule has 0 unspecified atom stereocenters. The Kier molecular flexibility index (Phi) is 7.15. The van der Waals surface area contributed by atoms with Crippen LogP contribution in [0.5, 0.6) is 17.2 Å². The van der Waals surface area contributed by atoms with E-state index in [4.69, 9.17) is 14.2 Å². The number of hydrazine groups is 1. The van der Waals surface area contributed by atoms with Gasteiger partial charge in [0.25, 0.3) is 0 Å². The molecule has 0 atom stereocenters. The first-order valence-electron chi connectivity index (χ1n) is 9.16. The summed E-state index contributed by atoms with van der Waals surface area (Å²) in [6, 6.07) is 10.2. The normalized spacial score (nSPS) is 10.4. The van der Waals surface area contributed by atoms with E-state index in [1.54, 1.807) is 36.4 Å². The van der Waals surface area contributed by atoms with Crippen LogP contribution in [0.15, 0.2) is 40.9 Å². The van der Waals surface area contributed by atoms with Crippen LogP contribution in [0.25, 0.3) is 5.69 Å². The van der Waals surface area contributed by atoms with Gasteiger partial charge >= 0.3 is 5.97 Å². The zero-order valence-corrected chi connectivity index (χ0v) is 19.0. The second-order valence-corrected chi connectivity index (χ2v) is 7.26. The standard InChI is InChI=1S/C20H20BrN5O6/c1-30-15-8-12(9-16(31-2)19(15)32-3)22-23-17(27)10-14-18(20(28)29)24-25-26(14)13-6-4-11(21)5-7-13/h4-9,22H,10H2,1-3H3,(H,23,27)(H,28,29). The minimum absolute atomic E-state index is 0.129. The summed E-state index contributed by atoms with van der Waals surface area (Å²) >= 11 is 3.34. The van der Waals surface area contributed by atoms with E-state index in [2.05, 4.69) is 37.1 Å². The molecular weight excluding hydrogens is 486 g/mol. The number of methoxy groups -OCH3 is 3. The number of carbonyl (C=O) groups excluding carboxylic acids is 1. The van der Waals surface area contributed by atoms with Crippen molar-refractivity contribution in [3.8, 4) is 22.9 Å². The highest BCUT2D eigenvalue weighted by atomic mass is 79.9. The molecule has 0 bridgehead atoms. The number of benzene rings is 2. The number of hydrogen-bond acceptors (Lipinski definition) is 8. The Balaban J connectivity index is 1.80. The maximum atomic E-state index is 12.6. The molecule has 32 heavy (non-hydrogen) atoms. The minimum atomic E-state index is -1.28. The maximum Gasteiger partial charge on any atom is 0.358 e. The van der Waals surface area contributed by atoms with Gasteiger partial charge in [0.2, 0.25) is 11.7 Å². The number of ether oxygens (including phenoxy) is 3. The molecule has 0 aliphatic heterocycles. The molecule has 0 aliphatic carbocycles. The van der Waals surface area contributed by atoms with Crippen LogP contribution in [0.3, 0.4) is 0 Å². The molecule has 0 saturated carbocycles. The molecule has 3 rings (SSSR count). The fraction of sp³-hybridized carbons (Fsp3) is 0.200. The molecule has 1 aromatic heterocycles. The Bertz CT molecular complexity index is 1110. The fourth-order valence-electron chi connectivity index (χ4n) is 2.91. The number of amides is 1. The highest BCUT2D eigenvalue weighted by Gasteiger charge is 2.22. The summed E-state index contributed by atoms with van der Waals surface area (Å²) in [7, 11) is 4.44.